The zero-order valence-corrected chi connectivity index (χ0v) is 14.2. The van der Waals surface area contributed by atoms with Gasteiger partial charge >= 0.3 is 0 Å². The molecule has 0 saturated carbocycles. The summed E-state index contributed by atoms with van der Waals surface area (Å²) in [4.78, 5) is 9.80. The lowest BCUT2D eigenvalue weighted by Crippen LogP contribution is -2.13. The molecule has 1 atom stereocenters. The first kappa shape index (κ1) is 18.2. The predicted molar refractivity (Wildman–Crippen MR) is 91.1 cm³/mol. The molecule has 2 N–H and O–H groups in total. The molecule has 0 aliphatic rings. The number of nitrogens with zero attached hydrogens (tertiary/aromatic N) is 1. The van der Waals surface area contributed by atoms with E-state index in [1.165, 1.54) is 12.1 Å². The Bertz CT molecular complexity index is 870. The third-order valence-electron chi connectivity index (χ3n) is 3.32. The minimum atomic E-state index is -3.76. The van der Waals surface area contributed by atoms with E-state index in [2.05, 4.69) is 5.32 Å². The fourth-order valence-electron chi connectivity index (χ4n) is 2.14. The second-order valence-corrected chi connectivity index (χ2v) is 7.52. The number of benzene rings is 2. The molecule has 2 aromatic rings. The average Bonchev–Trinajstić information content (AvgIpc) is 2.51. The highest BCUT2D eigenvalue weighted by Crippen LogP contribution is 2.28. The fraction of sp³-hybridized carbons (Fsp3) is 0.200. The van der Waals surface area contributed by atoms with E-state index in [4.69, 9.17) is 11.6 Å². The van der Waals surface area contributed by atoms with Crippen LogP contribution in [-0.4, -0.2) is 31.2 Å². The van der Waals surface area contributed by atoms with Crippen LogP contribution in [0.15, 0.2) is 47.4 Å². The molecule has 1 unspecified atom stereocenters. The second kappa shape index (κ2) is 7.16. The van der Waals surface area contributed by atoms with Crippen LogP contribution < -0.4 is 5.32 Å². The Morgan fingerprint density at radius 1 is 1.29 bits per heavy atom. The molecule has 0 amide bonds. The van der Waals surface area contributed by atoms with Crippen LogP contribution in [0.4, 0.5) is 11.4 Å². The number of rotatable bonds is 6. The molecule has 0 heterocycles. The summed E-state index contributed by atoms with van der Waals surface area (Å²) in [5.74, 6) is 0. The first-order valence-corrected chi connectivity index (χ1v) is 9.12. The largest absolute Gasteiger partial charge is 0.387 e. The van der Waals surface area contributed by atoms with E-state index in [9.17, 15) is 23.6 Å². The van der Waals surface area contributed by atoms with E-state index < -0.39 is 26.6 Å². The van der Waals surface area contributed by atoms with Gasteiger partial charge in [0.2, 0.25) is 0 Å². The summed E-state index contributed by atoms with van der Waals surface area (Å²) in [5, 5.41) is 24.4. The van der Waals surface area contributed by atoms with E-state index >= 15 is 0 Å². The summed E-state index contributed by atoms with van der Waals surface area (Å²) in [5.41, 5.74) is 0.374. The lowest BCUT2D eigenvalue weighted by Gasteiger charge is -2.15. The van der Waals surface area contributed by atoms with Crippen molar-refractivity contribution in [1.82, 2.24) is 0 Å². The maximum Gasteiger partial charge on any atom is 0.288 e. The second-order valence-electron chi connectivity index (χ2n) is 5.13. The van der Waals surface area contributed by atoms with Crippen molar-refractivity contribution in [2.45, 2.75) is 11.0 Å². The Morgan fingerprint density at radius 2 is 1.96 bits per heavy atom. The molecule has 0 bridgehead atoms. The fourth-order valence-corrected chi connectivity index (χ4v) is 3.27. The number of nitrogens with one attached hydrogen (secondary N) is 1. The number of nitro benzene ring substituents is 1. The molecule has 0 aliphatic heterocycles. The van der Waals surface area contributed by atoms with E-state index in [0.717, 1.165) is 12.3 Å². The standard InChI is InChI=1S/C15H15ClN2O5S/c1-24(22,23)15-8-10(6-7-13(15)18(20)21)17-9-14(19)11-4-2-3-5-12(11)16/h2-8,14,17,19H,9H2,1H3. The normalized spacial score (nSPS) is 12.6. The number of sulfone groups is 1. The molecule has 0 saturated heterocycles. The molecule has 128 valence electrons. The molecule has 2 aromatic carbocycles. The molecule has 0 aromatic heterocycles. The first-order chi connectivity index (χ1) is 11.2. The SMILES string of the molecule is CS(=O)(=O)c1cc(NCC(O)c2ccccc2Cl)ccc1[N+](=O)[O-]. The van der Waals surface area contributed by atoms with Crippen LogP contribution in [0, 0.1) is 10.1 Å². The molecule has 0 spiro atoms. The number of anilines is 1. The van der Waals surface area contributed by atoms with E-state index in [0.29, 0.717) is 16.3 Å². The van der Waals surface area contributed by atoms with Gasteiger partial charge in [-0.25, -0.2) is 8.42 Å². The quantitative estimate of drug-likeness (QED) is 0.597. The third kappa shape index (κ3) is 4.22. The Labute approximate surface area is 144 Å². The third-order valence-corrected chi connectivity index (χ3v) is 4.79. The van der Waals surface area contributed by atoms with Crippen molar-refractivity contribution in [2.24, 2.45) is 0 Å². The zero-order valence-electron chi connectivity index (χ0n) is 12.6. The molecule has 0 radical (unpaired) electrons. The predicted octanol–water partition coefficient (Wildman–Crippen LogP) is 2.80. The molecule has 0 aliphatic carbocycles. The lowest BCUT2D eigenvalue weighted by atomic mass is 10.1. The number of aliphatic hydroxyl groups excluding tert-OH is 1. The van der Waals surface area contributed by atoms with E-state index in [1.54, 1.807) is 24.3 Å². The van der Waals surface area contributed by atoms with Gasteiger partial charge in [0.1, 0.15) is 4.90 Å². The van der Waals surface area contributed by atoms with Gasteiger partial charge in [0.25, 0.3) is 5.69 Å². The first-order valence-electron chi connectivity index (χ1n) is 6.85. The van der Waals surface area contributed by atoms with E-state index in [1.807, 2.05) is 0 Å². The van der Waals surface area contributed by atoms with Crippen molar-refractivity contribution in [3.05, 3.63) is 63.2 Å². The summed E-state index contributed by atoms with van der Waals surface area (Å²) in [7, 11) is -3.76. The van der Waals surface area contributed by atoms with Gasteiger partial charge in [-0.3, -0.25) is 10.1 Å². The maximum absolute atomic E-state index is 11.7. The summed E-state index contributed by atoms with van der Waals surface area (Å²) in [6.45, 7) is 0.0603. The van der Waals surface area contributed by atoms with Crippen LogP contribution in [0.2, 0.25) is 5.02 Å². The Hall–Kier alpha value is -2.16. The zero-order chi connectivity index (χ0) is 17.9. The summed E-state index contributed by atoms with van der Waals surface area (Å²) < 4.78 is 23.4. The van der Waals surface area contributed by atoms with Crippen LogP contribution in [0.5, 0.6) is 0 Å². The van der Waals surface area contributed by atoms with Crippen molar-refractivity contribution in [3.8, 4) is 0 Å². The molecule has 9 heteroatoms. The average molecular weight is 371 g/mol. The topological polar surface area (TPSA) is 110 Å². The van der Waals surface area contributed by atoms with Gasteiger partial charge in [0, 0.05) is 35.1 Å². The highest BCUT2D eigenvalue weighted by molar-refractivity contribution is 7.90. The van der Waals surface area contributed by atoms with Gasteiger partial charge in [0.05, 0.1) is 11.0 Å². The molecular formula is C15H15ClN2O5S. The van der Waals surface area contributed by atoms with Crippen molar-refractivity contribution in [3.63, 3.8) is 0 Å². The summed E-state index contributed by atoms with van der Waals surface area (Å²) in [6.07, 6.45) is -0.0203. The minimum Gasteiger partial charge on any atom is -0.387 e. The molecule has 2 rings (SSSR count). The van der Waals surface area contributed by atoms with Crippen LogP contribution in [0.3, 0.4) is 0 Å². The highest BCUT2D eigenvalue weighted by atomic mass is 35.5. The number of nitro groups is 1. The summed E-state index contributed by atoms with van der Waals surface area (Å²) in [6, 6.07) is 10.5. The van der Waals surface area contributed by atoms with E-state index in [-0.39, 0.29) is 11.4 Å². The van der Waals surface area contributed by atoms with Gasteiger partial charge in [-0.2, -0.15) is 0 Å². The molecular weight excluding hydrogens is 356 g/mol. The van der Waals surface area contributed by atoms with Gasteiger partial charge in [-0.15, -0.1) is 0 Å². The summed E-state index contributed by atoms with van der Waals surface area (Å²) >= 11 is 6.00. The van der Waals surface area contributed by atoms with Crippen molar-refractivity contribution < 1.29 is 18.4 Å². The monoisotopic (exact) mass is 370 g/mol. The Morgan fingerprint density at radius 3 is 2.54 bits per heavy atom. The van der Waals surface area contributed by atoms with Crippen molar-refractivity contribution >= 4 is 32.8 Å². The lowest BCUT2D eigenvalue weighted by molar-refractivity contribution is -0.387. The smallest absolute Gasteiger partial charge is 0.288 e. The number of aliphatic hydroxyl groups is 1. The molecule has 24 heavy (non-hydrogen) atoms. The Kier molecular flexibility index (Phi) is 5.43. The van der Waals surface area contributed by atoms with Gasteiger partial charge in [0.15, 0.2) is 9.84 Å². The van der Waals surface area contributed by atoms with Gasteiger partial charge in [-0.05, 0) is 18.2 Å². The van der Waals surface area contributed by atoms with Crippen LogP contribution in [0.25, 0.3) is 0 Å². The number of halogens is 1. The number of hydrogen-bond donors (Lipinski definition) is 2. The van der Waals surface area contributed by atoms with Crippen molar-refractivity contribution in [1.29, 1.82) is 0 Å². The van der Waals surface area contributed by atoms with Crippen LogP contribution in [0.1, 0.15) is 11.7 Å². The van der Waals surface area contributed by atoms with Gasteiger partial charge in [-0.1, -0.05) is 29.8 Å². The number of hydrogen-bond acceptors (Lipinski definition) is 6. The highest BCUT2D eigenvalue weighted by Gasteiger charge is 2.22. The minimum absolute atomic E-state index is 0.0603. The maximum atomic E-state index is 11.7. The Balaban J connectivity index is 2.22. The molecule has 0 fully saturated rings. The van der Waals surface area contributed by atoms with Gasteiger partial charge < -0.3 is 10.4 Å². The molecule has 7 nitrogen and oxygen atoms in total. The van der Waals surface area contributed by atoms with Crippen LogP contribution >= 0.6 is 11.6 Å². The van der Waals surface area contributed by atoms with Crippen LogP contribution in [-0.2, 0) is 9.84 Å². The van der Waals surface area contributed by atoms with Crippen molar-refractivity contribution in [2.75, 3.05) is 18.1 Å².